The Bertz CT molecular complexity index is 878. The molecule has 0 aliphatic heterocycles. The Labute approximate surface area is 134 Å². The summed E-state index contributed by atoms with van der Waals surface area (Å²) in [6.45, 7) is 0.880. The number of aromatic nitrogens is 2. The van der Waals surface area contributed by atoms with Crippen LogP contribution in [0.15, 0.2) is 59.4 Å². The van der Waals surface area contributed by atoms with E-state index in [1.807, 2.05) is 54.6 Å². The maximum Gasteiger partial charge on any atom is 0.328 e. The van der Waals surface area contributed by atoms with Gasteiger partial charge in [0.25, 0.3) is 0 Å². The molecule has 5 heteroatoms. The zero-order valence-electron chi connectivity index (χ0n) is 13.0. The summed E-state index contributed by atoms with van der Waals surface area (Å²) < 4.78 is 3.26. The van der Waals surface area contributed by atoms with Gasteiger partial charge in [-0.15, -0.1) is 0 Å². The van der Waals surface area contributed by atoms with Crippen LogP contribution in [0.5, 0.6) is 0 Å². The van der Waals surface area contributed by atoms with Gasteiger partial charge in [-0.1, -0.05) is 42.5 Å². The largest absolute Gasteiger partial charge is 0.352 e. The van der Waals surface area contributed by atoms with E-state index in [2.05, 4.69) is 5.32 Å². The fourth-order valence-electron chi connectivity index (χ4n) is 2.68. The monoisotopic (exact) mass is 309 g/mol. The first-order valence-corrected chi connectivity index (χ1v) is 7.61. The van der Waals surface area contributed by atoms with E-state index in [1.165, 1.54) is 0 Å². The standard InChI is InChI=1S/C18H19N3O2/c1-20-15-9-5-6-10-16(15)21(18(20)23)12-11-17(22)19-13-14-7-3-2-4-8-14/h2-10H,11-13H2,1H3,(H,19,22). The van der Waals surface area contributed by atoms with Crippen LogP contribution in [0.25, 0.3) is 11.0 Å². The first kappa shape index (κ1) is 15.1. The Morgan fingerprint density at radius 3 is 2.39 bits per heavy atom. The van der Waals surface area contributed by atoms with Crippen molar-refractivity contribution in [1.29, 1.82) is 0 Å². The fourth-order valence-corrected chi connectivity index (χ4v) is 2.68. The minimum absolute atomic E-state index is 0.0614. The normalized spacial score (nSPS) is 10.8. The van der Waals surface area contributed by atoms with Gasteiger partial charge in [0.05, 0.1) is 11.0 Å². The molecule has 0 saturated heterocycles. The quantitative estimate of drug-likeness (QED) is 0.784. The van der Waals surface area contributed by atoms with Crippen molar-refractivity contribution in [2.45, 2.75) is 19.5 Å². The molecule has 0 radical (unpaired) electrons. The lowest BCUT2D eigenvalue weighted by molar-refractivity contribution is -0.121. The number of hydrogen-bond donors (Lipinski definition) is 1. The van der Waals surface area contributed by atoms with Gasteiger partial charge >= 0.3 is 5.69 Å². The summed E-state index contributed by atoms with van der Waals surface area (Å²) in [5, 5.41) is 2.88. The molecule has 0 aliphatic carbocycles. The van der Waals surface area contributed by atoms with E-state index in [1.54, 1.807) is 16.2 Å². The van der Waals surface area contributed by atoms with E-state index < -0.39 is 0 Å². The summed E-state index contributed by atoms with van der Waals surface area (Å²) in [5.74, 6) is -0.0614. The molecule has 0 unspecified atom stereocenters. The van der Waals surface area contributed by atoms with Gasteiger partial charge in [0.2, 0.25) is 5.91 Å². The van der Waals surface area contributed by atoms with Crippen LogP contribution < -0.4 is 11.0 Å². The number of amides is 1. The Morgan fingerprint density at radius 1 is 1.00 bits per heavy atom. The molecule has 3 aromatic rings. The van der Waals surface area contributed by atoms with Crippen LogP contribution in [-0.2, 0) is 24.9 Å². The van der Waals surface area contributed by atoms with Crippen LogP contribution in [0, 0.1) is 0 Å². The number of nitrogens with zero attached hydrogens (tertiary/aromatic N) is 2. The molecule has 1 amide bonds. The Kier molecular flexibility index (Phi) is 4.28. The molecule has 0 spiro atoms. The van der Waals surface area contributed by atoms with Crippen LogP contribution in [-0.4, -0.2) is 15.0 Å². The van der Waals surface area contributed by atoms with E-state index in [0.29, 0.717) is 13.1 Å². The third-order valence-corrected chi connectivity index (χ3v) is 3.95. The lowest BCUT2D eigenvalue weighted by atomic mass is 10.2. The molecule has 1 N–H and O–H groups in total. The van der Waals surface area contributed by atoms with Crippen LogP contribution in [0.2, 0.25) is 0 Å². The Hall–Kier alpha value is -2.82. The highest BCUT2D eigenvalue weighted by Gasteiger charge is 2.11. The molecule has 1 aromatic heterocycles. The summed E-state index contributed by atoms with van der Waals surface area (Å²) in [7, 11) is 1.75. The second-order valence-corrected chi connectivity index (χ2v) is 5.49. The SMILES string of the molecule is Cn1c(=O)n(CCC(=O)NCc2ccccc2)c2ccccc21. The number of carbonyl (C=O) groups is 1. The van der Waals surface area contributed by atoms with Crippen LogP contribution in [0.1, 0.15) is 12.0 Å². The average Bonchev–Trinajstić information content (AvgIpc) is 2.83. The topological polar surface area (TPSA) is 56.0 Å². The smallest absolute Gasteiger partial charge is 0.328 e. The molecule has 1 heterocycles. The lowest BCUT2D eigenvalue weighted by Crippen LogP contribution is -2.27. The molecule has 3 rings (SSSR count). The van der Waals surface area contributed by atoms with E-state index in [9.17, 15) is 9.59 Å². The predicted molar refractivity (Wildman–Crippen MR) is 90.1 cm³/mol. The van der Waals surface area contributed by atoms with Crippen molar-refractivity contribution in [3.8, 4) is 0 Å². The summed E-state index contributed by atoms with van der Waals surface area (Å²) >= 11 is 0. The zero-order chi connectivity index (χ0) is 16.2. The summed E-state index contributed by atoms with van der Waals surface area (Å²) in [6.07, 6.45) is 0.279. The highest BCUT2D eigenvalue weighted by molar-refractivity contribution is 5.77. The zero-order valence-corrected chi connectivity index (χ0v) is 13.0. The van der Waals surface area contributed by atoms with Crippen LogP contribution in [0.3, 0.4) is 0 Å². The third-order valence-electron chi connectivity index (χ3n) is 3.95. The van der Waals surface area contributed by atoms with Gasteiger partial charge in [0.1, 0.15) is 0 Å². The van der Waals surface area contributed by atoms with Gasteiger partial charge in [0, 0.05) is 26.6 Å². The molecule has 0 saturated carbocycles. The third kappa shape index (κ3) is 3.18. The molecule has 118 valence electrons. The summed E-state index contributed by atoms with van der Waals surface area (Å²) in [4.78, 5) is 24.3. The molecule has 2 aromatic carbocycles. The highest BCUT2D eigenvalue weighted by Crippen LogP contribution is 2.11. The van der Waals surface area contributed by atoms with Crippen LogP contribution in [0.4, 0.5) is 0 Å². The Balaban J connectivity index is 1.66. The number of fused-ring (bicyclic) bond motifs is 1. The average molecular weight is 309 g/mol. The number of nitrogens with one attached hydrogen (secondary N) is 1. The van der Waals surface area contributed by atoms with Gasteiger partial charge in [-0.2, -0.15) is 0 Å². The number of benzene rings is 2. The minimum atomic E-state index is -0.0953. The van der Waals surface area contributed by atoms with Crippen molar-refractivity contribution in [2.24, 2.45) is 7.05 Å². The van der Waals surface area contributed by atoms with Gasteiger partial charge in [-0.3, -0.25) is 13.9 Å². The van der Waals surface area contributed by atoms with Crippen molar-refractivity contribution in [3.63, 3.8) is 0 Å². The number of rotatable bonds is 5. The second kappa shape index (κ2) is 6.52. The van der Waals surface area contributed by atoms with Crippen molar-refractivity contribution in [1.82, 2.24) is 14.5 Å². The van der Waals surface area contributed by atoms with E-state index in [0.717, 1.165) is 16.6 Å². The summed E-state index contributed by atoms with van der Waals surface area (Å²) in [5.41, 5.74) is 2.70. The van der Waals surface area contributed by atoms with Gasteiger partial charge < -0.3 is 5.32 Å². The number of imidazole rings is 1. The summed E-state index contributed by atoms with van der Waals surface area (Å²) in [6, 6.07) is 17.4. The molecule has 0 atom stereocenters. The van der Waals surface area contributed by atoms with Gasteiger partial charge in [0.15, 0.2) is 0 Å². The van der Waals surface area contributed by atoms with Crippen molar-refractivity contribution in [2.75, 3.05) is 0 Å². The highest BCUT2D eigenvalue weighted by atomic mass is 16.2. The lowest BCUT2D eigenvalue weighted by Gasteiger charge is -2.06. The predicted octanol–water partition coefficient (Wildman–Crippen LogP) is 2.05. The number of aryl methyl sites for hydroxylation is 2. The van der Waals surface area contributed by atoms with Gasteiger partial charge in [-0.05, 0) is 17.7 Å². The fraction of sp³-hybridized carbons (Fsp3) is 0.222. The van der Waals surface area contributed by atoms with Gasteiger partial charge in [-0.25, -0.2) is 4.79 Å². The Morgan fingerprint density at radius 2 is 1.65 bits per heavy atom. The maximum absolute atomic E-state index is 12.3. The maximum atomic E-state index is 12.3. The molecular weight excluding hydrogens is 290 g/mol. The van der Waals surface area contributed by atoms with E-state index in [-0.39, 0.29) is 18.0 Å². The first-order valence-electron chi connectivity index (χ1n) is 7.61. The first-order chi connectivity index (χ1) is 11.2. The van der Waals surface area contributed by atoms with Crippen molar-refractivity contribution in [3.05, 3.63) is 70.6 Å². The second-order valence-electron chi connectivity index (χ2n) is 5.49. The molecule has 0 fully saturated rings. The number of carbonyl (C=O) groups excluding carboxylic acids is 1. The van der Waals surface area contributed by atoms with E-state index in [4.69, 9.17) is 0 Å². The molecular formula is C18H19N3O2. The number of hydrogen-bond acceptors (Lipinski definition) is 2. The van der Waals surface area contributed by atoms with Crippen molar-refractivity contribution >= 4 is 16.9 Å². The number of para-hydroxylation sites is 2. The van der Waals surface area contributed by atoms with E-state index >= 15 is 0 Å². The van der Waals surface area contributed by atoms with Crippen LogP contribution >= 0.6 is 0 Å². The minimum Gasteiger partial charge on any atom is -0.352 e. The van der Waals surface area contributed by atoms with Crippen molar-refractivity contribution < 1.29 is 4.79 Å². The molecule has 5 nitrogen and oxygen atoms in total. The molecule has 0 aliphatic rings. The molecule has 23 heavy (non-hydrogen) atoms. The molecule has 0 bridgehead atoms.